The molecule has 15 heavy (non-hydrogen) atoms. The molecule has 3 aromatic rings. The molecule has 0 spiro atoms. The van der Waals surface area contributed by atoms with Gasteiger partial charge < -0.3 is 4.42 Å². The second-order valence-electron chi connectivity index (χ2n) is 3.47. The molecule has 0 atom stereocenters. The SMILES string of the molecule is O=c1ccc2ccc3occcc3c2c1. The van der Waals surface area contributed by atoms with Crippen molar-refractivity contribution in [1.29, 1.82) is 0 Å². The summed E-state index contributed by atoms with van der Waals surface area (Å²) in [5, 5.41) is 2.99. The summed E-state index contributed by atoms with van der Waals surface area (Å²) in [7, 11) is 0. The van der Waals surface area contributed by atoms with Crippen LogP contribution in [0.15, 0.2) is 57.9 Å². The van der Waals surface area contributed by atoms with Crippen LogP contribution in [0.2, 0.25) is 0 Å². The Morgan fingerprint density at radius 2 is 1.80 bits per heavy atom. The van der Waals surface area contributed by atoms with E-state index in [0.717, 1.165) is 21.7 Å². The van der Waals surface area contributed by atoms with Gasteiger partial charge in [0.15, 0.2) is 5.43 Å². The van der Waals surface area contributed by atoms with Crippen LogP contribution in [0, 0.1) is 0 Å². The molecule has 2 nitrogen and oxygen atoms in total. The average Bonchev–Trinajstić information content (AvgIpc) is 2.29. The third-order valence-electron chi connectivity index (χ3n) is 2.53. The number of rotatable bonds is 0. The molecule has 0 unspecified atom stereocenters. The predicted octanol–water partition coefficient (Wildman–Crippen LogP) is 2.95. The summed E-state index contributed by atoms with van der Waals surface area (Å²) in [4.78, 5) is 11.3. The van der Waals surface area contributed by atoms with Crippen molar-refractivity contribution in [3.63, 3.8) is 0 Å². The van der Waals surface area contributed by atoms with Gasteiger partial charge in [-0.25, -0.2) is 0 Å². The summed E-state index contributed by atoms with van der Waals surface area (Å²) in [6, 6.07) is 12.7. The average molecular weight is 196 g/mol. The molecule has 3 rings (SSSR count). The van der Waals surface area contributed by atoms with Crippen molar-refractivity contribution in [2.75, 3.05) is 0 Å². The van der Waals surface area contributed by atoms with Gasteiger partial charge in [0.25, 0.3) is 0 Å². The van der Waals surface area contributed by atoms with Crippen molar-refractivity contribution in [1.82, 2.24) is 0 Å². The minimum Gasteiger partial charge on any atom is -0.464 e. The quantitative estimate of drug-likeness (QED) is 0.517. The third-order valence-corrected chi connectivity index (χ3v) is 2.53. The van der Waals surface area contributed by atoms with Crippen LogP contribution in [0.1, 0.15) is 0 Å². The van der Waals surface area contributed by atoms with E-state index in [2.05, 4.69) is 0 Å². The Kier molecular flexibility index (Phi) is 1.62. The van der Waals surface area contributed by atoms with Gasteiger partial charge in [0, 0.05) is 5.39 Å². The minimum atomic E-state index is 0.0267. The predicted molar refractivity (Wildman–Crippen MR) is 60.0 cm³/mol. The Morgan fingerprint density at radius 3 is 2.73 bits per heavy atom. The summed E-state index contributed by atoms with van der Waals surface area (Å²) in [5.41, 5.74) is 0.828. The van der Waals surface area contributed by atoms with E-state index in [-0.39, 0.29) is 5.43 Å². The molecular formula is C13H8O2. The maximum atomic E-state index is 11.3. The molecule has 0 aliphatic carbocycles. The van der Waals surface area contributed by atoms with Crippen LogP contribution in [0.4, 0.5) is 0 Å². The minimum absolute atomic E-state index is 0.0267. The zero-order valence-electron chi connectivity index (χ0n) is 7.94. The van der Waals surface area contributed by atoms with Crippen LogP contribution in [0.3, 0.4) is 0 Å². The Labute approximate surface area is 85.8 Å². The summed E-state index contributed by atoms with van der Waals surface area (Å²) < 4.78 is 5.36. The zero-order valence-corrected chi connectivity index (χ0v) is 7.94. The Hall–Kier alpha value is -2.09. The molecule has 0 saturated heterocycles. The standard InChI is InChI=1S/C13H8O2/c14-10-5-3-9-4-6-13-11(12(9)8-10)2-1-7-15-13/h1-8H. The summed E-state index contributed by atoms with van der Waals surface area (Å²) in [6.45, 7) is 0. The van der Waals surface area contributed by atoms with E-state index in [0.29, 0.717) is 0 Å². The Bertz CT molecular complexity index is 695. The van der Waals surface area contributed by atoms with E-state index >= 15 is 0 Å². The van der Waals surface area contributed by atoms with Gasteiger partial charge in [-0.15, -0.1) is 0 Å². The van der Waals surface area contributed by atoms with Crippen LogP contribution in [-0.2, 0) is 0 Å². The van der Waals surface area contributed by atoms with Crippen LogP contribution in [-0.4, -0.2) is 0 Å². The summed E-state index contributed by atoms with van der Waals surface area (Å²) >= 11 is 0. The van der Waals surface area contributed by atoms with Gasteiger partial charge >= 0.3 is 0 Å². The highest BCUT2D eigenvalue weighted by molar-refractivity contribution is 6.05. The molecule has 0 amide bonds. The number of hydrogen-bond acceptors (Lipinski definition) is 2. The van der Waals surface area contributed by atoms with E-state index < -0.39 is 0 Å². The molecule has 1 aromatic heterocycles. The van der Waals surface area contributed by atoms with Crippen LogP contribution >= 0.6 is 0 Å². The van der Waals surface area contributed by atoms with Crippen LogP contribution in [0.5, 0.6) is 0 Å². The fraction of sp³-hybridized carbons (Fsp3) is 0. The van der Waals surface area contributed by atoms with E-state index in [1.807, 2.05) is 30.3 Å². The number of benzene rings is 2. The lowest BCUT2D eigenvalue weighted by Crippen LogP contribution is -1.94. The Balaban J connectivity index is 2.63. The third kappa shape index (κ3) is 1.22. The first-order chi connectivity index (χ1) is 7.34. The molecule has 2 heteroatoms. The normalized spacial score (nSPS) is 10.9. The smallest absolute Gasteiger partial charge is 0.179 e. The van der Waals surface area contributed by atoms with Crippen LogP contribution < -0.4 is 5.43 Å². The molecule has 0 N–H and O–H groups in total. The van der Waals surface area contributed by atoms with Crippen molar-refractivity contribution in [3.8, 4) is 0 Å². The first-order valence-electron chi connectivity index (χ1n) is 4.75. The van der Waals surface area contributed by atoms with Gasteiger partial charge in [-0.3, -0.25) is 4.79 Å². The van der Waals surface area contributed by atoms with Crippen molar-refractivity contribution >= 4 is 21.7 Å². The lowest BCUT2D eigenvalue weighted by atomic mass is 10.1. The highest BCUT2D eigenvalue weighted by Crippen LogP contribution is 2.23. The molecule has 0 aliphatic heterocycles. The molecular weight excluding hydrogens is 188 g/mol. The first-order valence-corrected chi connectivity index (χ1v) is 4.75. The van der Waals surface area contributed by atoms with Gasteiger partial charge in [-0.05, 0) is 41.1 Å². The number of hydrogen-bond donors (Lipinski definition) is 0. The van der Waals surface area contributed by atoms with E-state index in [9.17, 15) is 4.79 Å². The Morgan fingerprint density at radius 1 is 0.933 bits per heavy atom. The lowest BCUT2D eigenvalue weighted by molar-refractivity contribution is 0.604. The van der Waals surface area contributed by atoms with E-state index in [1.54, 1.807) is 18.4 Å². The topological polar surface area (TPSA) is 30.2 Å². The largest absolute Gasteiger partial charge is 0.464 e. The highest BCUT2D eigenvalue weighted by Gasteiger charge is 2.01. The van der Waals surface area contributed by atoms with Crippen molar-refractivity contribution in [2.45, 2.75) is 0 Å². The second-order valence-corrected chi connectivity index (χ2v) is 3.47. The monoisotopic (exact) mass is 196 g/mol. The summed E-state index contributed by atoms with van der Waals surface area (Å²) in [6.07, 6.45) is 1.63. The highest BCUT2D eigenvalue weighted by atomic mass is 16.3. The molecule has 0 fully saturated rings. The van der Waals surface area contributed by atoms with Gasteiger partial charge in [-0.1, -0.05) is 12.1 Å². The fourth-order valence-corrected chi connectivity index (χ4v) is 1.82. The van der Waals surface area contributed by atoms with Crippen molar-refractivity contribution < 1.29 is 4.42 Å². The van der Waals surface area contributed by atoms with Crippen molar-refractivity contribution in [2.24, 2.45) is 0 Å². The molecule has 0 radical (unpaired) electrons. The molecule has 0 aliphatic rings. The zero-order chi connectivity index (χ0) is 10.3. The number of fused-ring (bicyclic) bond motifs is 3. The molecule has 72 valence electrons. The van der Waals surface area contributed by atoms with E-state index in [4.69, 9.17) is 4.42 Å². The van der Waals surface area contributed by atoms with Gasteiger partial charge in [-0.2, -0.15) is 0 Å². The second kappa shape index (κ2) is 2.95. The molecule has 0 saturated carbocycles. The first kappa shape index (κ1) is 8.24. The fourth-order valence-electron chi connectivity index (χ4n) is 1.82. The van der Waals surface area contributed by atoms with Gasteiger partial charge in [0.1, 0.15) is 5.58 Å². The van der Waals surface area contributed by atoms with Crippen molar-refractivity contribution in [3.05, 3.63) is 59.0 Å². The van der Waals surface area contributed by atoms with Gasteiger partial charge in [0.05, 0.1) is 6.26 Å². The maximum absolute atomic E-state index is 11.3. The maximum Gasteiger partial charge on any atom is 0.179 e. The van der Waals surface area contributed by atoms with Crippen LogP contribution in [0.25, 0.3) is 21.7 Å². The van der Waals surface area contributed by atoms with Gasteiger partial charge in [0.2, 0.25) is 0 Å². The molecule has 2 aromatic carbocycles. The van der Waals surface area contributed by atoms with E-state index in [1.165, 1.54) is 0 Å². The molecule has 0 bridgehead atoms. The molecule has 1 heterocycles. The lowest BCUT2D eigenvalue weighted by Gasteiger charge is -2.01. The summed E-state index contributed by atoms with van der Waals surface area (Å²) in [5.74, 6) is 0.